The SMILES string of the molecule is CCNC(=NCc1nc(C(C)C)cs1)NCCOc1ccccc1C. The van der Waals surface area contributed by atoms with Gasteiger partial charge in [0.15, 0.2) is 5.96 Å². The lowest BCUT2D eigenvalue weighted by Crippen LogP contribution is -2.39. The van der Waals surface area contributed by atoms with Crippen molar-refractivity contribution in [2.24, 2.45) is 4.99 Å². The van der Waals surface area contributed by atoms with Gasteiger partial charge in [0.1, 0.15) is 17.4 Å². The van der Waals surface area contributed by atoms with E-state index in [-0.39, 0.29) is 0 Å². The van der Waals surface area contributed by atoms with Gasteiger partial charge in [0.05, 0.1) is 18.8 Å². The number of aryl methyl sites for hydroxylation is 1. The number of nitrogens with zero attached hydrogens (tertiary/aromatic N) is 2. The Labute approximate surface area is 154 Å². The Morgan fingerprint density at radius 1 is 1.28 bits per heavy atom. The van der Waals surface area contributed by atoms with Gasteiger partial charge in [-0.3, -0.25) is 0 Å². The molecule has 0 saturated carbocycles. The van der Waals surface area contributed by atoms with Gasteiger partial charge in [0.25, 0.3) is 0 Å². The van der Waals surface area contributed by atoms with E-state index < -0.39 is 0 Å². The topological polar surface area (TPSA) is 58.5 Å². The van der Waals surface area contributed by atoms with E-state index in [9.17, 15) is 0 Å². The van der Waals surface area contributed by atoms with Crippen LogP contribution >= 0.6 is 11.3 Å². The number of benzene rings is 1. The van der Waals surface area contributed by atoms with Crippen molar-refractivity contribution in [3.63, 3.8) is 0 Å². The zero-order valence-corrected chi connectivity index (χ0v) is 16.3. The normalized spacial score (nSPS) is 11.6. The van der Waals surface area contributed by atoms with Crippen molar-refractivity contribution in [2.75, 3.05) is 19.7 Å². The van der Waals surface area contributed by atoms with Gasteiger partial charge in [-0.05, 0) is 31.4 Å². The predicted octanol–water partition coefficient (Wildman–Crippen LogP) is 3.71. The Bertz CT molecular complexity index is 682. The number of thiazole rings is 1. The molecule has 0 saturated heterocycles. The van der Waals surface area contributed by atoms with Crippen molar-refractivity contribution in [2.45, 2.75) is 40.2 Å². The van der Waals surface area contributed by atoms with Crippen LogP contribution in [0.1, 0.15) is 43.0 Å². The Morgan fingerprint density at radius 3 is 2.76 bits per heavy atom. The van der Waals surface area contributed by atoms with Crippen molar-refractivity contribution in [1.82, 2.24) is 15.6 Å². The van der Waals surface area contributed by atoms with Gasteiger partial charge in [-0.15, -0.1) is 11.3 Å². The number of rotatable bonds is 8. The monoisotopic (exact) mass is 360 g/mol. The van der Waals surface area contributed by atoms with Crippen LogP contribution in [0.15, 0.2) is 34.6 Å². The molecule has 1 aromatic heterocycles. The molecule has 6 heteroatoms. The highest BCUT2D eigenvalue weighted by atomic mass is 32.1. The molecule has 2 N–H and O–H groups in total. The van der Waals surface area contributed by atoms with Gasteiger partial charge in [-0.2, -0.15) is 0 Å². The number of aromatic nitrogens is 1. The van der Waals surface area contributed by atoms with Gasteiger partial charge in [-0.1, -0.05) is 32.0 Å². The summed E-state index contributed by atoms with van der Waals surface area (Å²) in [6, 6.07) is 8.04. The van der Waals surface area contributed by atoms with E-state index in [1.807, 2.05) is 31.2 Å². The smallest absolute Gasteiger partial charge is 0.191 e. The Morgan fingerprint density at radius 2 is 2.08 bits per heavy atom. The molecular weight excluding hydrogens is 332 g/mol. The Balaban J connectivity index is 1.81. The lowest BCUT2D eigenvalue weighted by Gasteiger charge is -2.12. The van der Waals surface area contributed by atoms with Crippen LogP contribution in [0.2, 0.25) is 0 Å². The minimum atomic E-state index is 0.457. The van der Waals surface area contributed by atoms with E-state index in [1.165, 1.54) is 0 Å². The summed E-state index contributed by atoms with van der Waals surface area (Å²) in [7, 11) is 0. The number of ether oxygens (including phenoxy) is 1. The van der Waals surface area contributed by atoms with Crippen LogP contribution in [0.4, 0.5) is 0 Å². The van der Waals surface area contributed by atoms with Gasteiger partial charge >= 0.3 is 0 Å². The lowest BCUT2D eigenvalue weighted by atomic mass is 10.2. The number of aliphatic imine (C=N–C) groups is 1. The number of nitrogens with one attached hydrogen (secondary N) is 2. The molecule has 2 aromatic rings. The van der Waals surface area contributed by atoms with Gasteiger partial charge in [0, 0.05) is 11.9 Å². The average molecular weight is 361 g/mol. The molecule has 25 heavy (non-hydrogen) atoms. The van der Waals surface area contributed by atoms with Crippen molar-refractivity contribution in [3.8, 4) is 5.75 Å². The third-order valence-electron chi connectivity index (χ3n) is 3.62. The predicted molar refractivity (Wildman–Crippen MR) is 106 cm³/mol. The van der Waals surface area contributed by atoms with Crippen molar-refractivity contribution in [3.05, 3.63) is 45.9 Å². The van der Waals surface area contributed by atoms with E-state index in [2.05, 4.69) is 46.8 Å². The fraction of sp³-hybridized carbons (Fsp3) is 0.474. The fourth-order valence-electron chi connectivity index (χ4n) is 2.20. The fourth-order valence-corrected chi connectivity index (χ4v) is 3.08. The molecule has 5 nitrogen and oxygen atoms in total. The minimum absolute atomic E-state index is 0.457. The number of hydrogen-bond acceptors (Lipinski definition) is 4. The Kier molecular flexibility index (Phi) is 7.73. The van der Waals surface area contributed by atoms with Crippen LogP contribution in [0.25, 0.3) is 0 Å². The molecule has 1 heterocycles. The zero-order valence-electron chi connectivity index (χ0n) is 15.5. The van der Waals surface area contributed by atoms with Gasteiger partial charge in [0.2, 0.25) is 0 Å². The van der Waals surface area contributed by atoms with Crippen LogP contribution in [-0.4, -0.2) is 30.6 Å². The van der Waals surface area contributed by atoms with E-state index in [0.717, 1.165) is 34.5 Å². The summed E-state index contributed by atoms with van der Waals surface area (Å²) in [6.07, 6.45) is 0. The van der Waals surface area contributed by atoms with Crippen LogP contribution < -0.4 is 15.4 Å². The molecule has 0 unspecified atom stereocenters. The summed E-state index contributed by atoms with van der Waals surface area (Å²) in [6.45, 7) is 11.1. The molecule has 0 radical (unpaired) electrons. The van der Waals surface area contributed by atoms with E-state index in [4.69, 9.17) is 4.74 Å². The second-order valence-corrected chi connectivity index (χ2v) is 7.00. The highest BCUT2D eigenvalue weighted by molar-refractivity contribution is 7.09. The number of para-hydroxylation sites is 1. The zero-order chi connectivity index (χ0) is 18.1. The first-order chi connectivity index (χ1) is 12.1. The summed E-state index contributed by atoms with van der Waals surface area (Å²) in [5.74, 6) is 2.17. The maximum atomic E-state index is 5.80. The Hall–Kier alpha value is -2.08. The van der Waals surface area contributed by atoms with E-state index in [0.29, 0.717) is 25.6 Å². The molecule has 1 aromatic carbocycles. The summed E-state index contributed by atoms with van der Waals surface area (Å²) >= 11 is 1.67. The summed E-state index contributed by atoms with van der Waals surface area (Å²) < 4.78 is 5.80. The quantitative estimate of drug-likeness (QED) is 0.428. The first-order valence-corrected chi connectivity index (χ1v) is 9.63. The van der Waals surface area contributed by atoms with Crippen molar-refractivity contribution < 1.29 is 4.74 Å². The third kappa shape index (κ3) is 6.38. The molecule has 0 aliphatic carbocycles. The second-order valence-electron chi connectivity index (χ2n) is 6.06. The largest absolute Gasteiger partial charge is 0.491 e. The van der Waals surface area contributed by atoms with Crippen LogP contribution in [-0.2, 0) is 6.54 Å². The number of hydrogen-bond donors (Lipinski definition) is 2. The summed E-state index contributed by atoms with van der Waals surface area (Å²) in [5, 5.41) is 9.71. The van der Waals surface area contributed by atoms with Gasteiger partial charge < -0.3 is 15.4 Å². The average Bonchev–Trinajstić information content (AvgIpc) is 3.07. The molecule has 0 atom stereocenters. The van der Waals surface area contributed by atoms with Gasteiger partial charge in [-0.25, -0.2) is 9.98 Å². The number of guanidine groups is 1. The molecule has 0 spiro atoms. The van der Waals surface area contributed by atoms with Crippen molar-refractivity contribution in [1.29, 1.82) is 0 Å². The maximum absolute atomic E-state index is 5.80. The van der Waals surface area contributed by atoms with Crippen LogP contribution in [0, 0.1) is 6.92 Å². The molecule has 0 aliphatic rings. The minimum Gasteiger partial charge on any atom is -0.491 e. The molecule has 0 bridgehead atoms. The van der Waals surface area contributed by atoms with Crippen LogP contribution in [0.5, 0.6) is 5.75 Å². The molecule has 2 rings (SSSR count). The summed E-state index contributed by atoms with van der Waals surface area (Å²) in [4.78, 5) is 9.22. The summed E-state index contributed by atoms with van der Waals surface area (Å²) in [5.41, 5.74) is 2.28. The second kappa shape index (κ2) is 10.0. The molecule has 136 valence electrons. The molecule has 0 fully saturated rings. The van der Waals surface area contributed by atoms with E-state index >= 15 is 0 Å². The molecule has 0 amide bonds. The standard InChI is InChI=1S/C19H28N4OS/c1-5-20-19(22-12-18-23-16(13-25-18)14(2)3)21-10-11-24-17-9-7-6-8-15(17)4/h6-9,13-14H,5,10-12H2,1-4H3,(H2,20,21,22). The molecular formula is C19H28N4OS. The molecule has 0 aliphatic heterocycles. The maximum Gasteiger partial charge on any atom is 0.191 e. The first kappa shape index (κ1) is 19.2. The van der Waals surface area contributed by atoms with E-state index in [1.54, 1.807) is 11.3 Å². The highest BCUT2D eigenvalue weighted by Gasteiger charge is 2.05. The first-order valence-electron chi connectivity index (χ1n) is 8.75. The highest BCUT2D eigenvalue weighted by Crippen LogP contribution is 2.18. The third-order valence-corrected chi connectivity index (χ3v) is 4.48. The van der Waals surface area contributed by atoms with Crippen LogP contribution in [0.3, 0.4) is 0 Å². The lowest BCUT2D eigenvalue weighted by molar-refractivity contribution is 0.320. The van der Waals surface area contributed by atoms with Crippen molar-refractivity contribution >= 4 is 17.3 Å².